The molecule has 0 unspecified atom stereocenters. The quantitative estimate of drug-likeness (QED) is 0.124. The molecule has 0 N–H and O–H groups in total. The van der Waals surface area contributed by atoms with E-state index < -0.39 is 0 Å². The van der Waals surface area contributed by atoms with Crippen molar-refractivity contribution in [3.05, 3.63) is 335 Å². The molecule has 1 saturated carbocycles. The van der Waals surface area contributed by atoms with Crippen LogP contribution in [0.5, 0.6) is 0 Å². The second kappa shape index (κ2) is 32.5. The predicted octanol–water partition coefficient (Wildman–Crippen LogP) is 29.8. The average molecular weight is 1790 g/mol. The third kappa shape index (κ3) is 13.9. The van der Waals surface area contributed by atoms with Crippen molar-refractivity contribution in [2.45, 2.75) is 184 Å². The fourth-order valence-corrected chi connectivity index (χ4v) is 25.3. The highest BCUT2D eigenvalue weighted by Crippen LogP contribution is 2.62. The van der Waals surface area contributed by atoms with Gasteiger partial charge in [0.25, 0.3) is 0 Å². The number of fused-ring (bicyclic) bond motifs is 27. The van der Waals surface area contributed by atoms with Crippen LogP contribution in [0, 0.1) is 50.4 Å². The molecule has 0 radical (unpaired) electrons. The van der Waals surface area contributed by atoms with Crippen molar-refractivity contribution in [1.29, 1.82) is 0 Å². The van der Waals surface area contributed by atoms with E-state index in [9.17, 15) is 0 Å². The van der Waals surface area contributed by atoms with E-state index in [-0.39, 0.29) is 32.5 Å². The van der Waals surface area contributed by atoms with E-state index in [0.717, 1.165) is 159 Å². The number of rotatable bonds is 10. The van der Waals surface area contributed by atoms with Gasteiger partial charge >= 0.3 is 0 Å². The maximum atomic E-state index is 6.73. The molecule has 0 amide bonds. The number of nitrogens with zero attached hydrogens (tertiary/aromatic N) is 8. The smallest absolute Gasteiger partial charge is 0.227 e. The van der Waals surface area contributed by atoms with Crippen molar-refractivity contribution in [3.8, 4) is 89.5 Å². The Morgan fingerprint density at radius 3 is 1.04 bits per heavy atom. The first-order valence-corrected chi connectivity index (χ1v) is 49.0. The number of aryl methyl sites for hydroxylation is 8. The van der Waals surface area contributed by atoms with E-state index in [1.165, 1.54) is 137 Å². The summed E-state index contributed by atoms with van der Waals surface area (Å²) in [7, 11) is 8.34. The first-order valence-electron chi connectivity index (χ1n) is 49.0. The molecule has 0 aliphatic heterocycles. The Labute approximate surface area is 797 Å². The SMILES string of the molecule is Cc1ccc2c(oc3nc4c(cc32)-c2ccccc2C4(CC(C)(C)C)CC(C)(C)C)c1-c1cccc[n+]1C.Cc1ccc2c(oc3nc4c(cc32)-c2ccccc2C4(CC(C)C)CC(C)C)c1-c1cccc[n+]1C.Cc1ccc2c(oc3nc4c(cc32)-c2ccccc2C42CCCC2)c1-c1cccc[n+]1C.Cc1ccc2c(oc3ncc4c(c32)C(C)(C)c2ccccc2-4)c1-c1cccc[n+]1C. The summed E-state index contributed by atoms with van der Waals surface area (Å²) >= 11 is 0. The number of hydrogen-bond donors (Lipinski definition) is 0. The lowest BCUT2D eigenvalue weighted by molar-refractivity contribution is -0.660. The summed E-state index contributed by atoms with van der Waals surface area (Å²) in [6.45, 7) is 36.7. The summed E-state index contributed by atoms with van der Waals surface area (Å²) in [5.74, 6) is 1.12. The molecule has 0 bridgehead atoms. The van der Waals surface area contributed by atoms with Crippen LogP contribution in [0.2, 0.25) is 0 Å². The van der Waals surface area contributed by atoms with E-state index in [2.05, 4.69) is 413 Å². The maximum Gasteiger partial charge on any atom is 0.227 e. The first-order chi connectivity index (χ1) is 65.3. The van der Waals surface area contributed by atoms with Crippen LogP contribution in [0.4, 0.5) is 0 Å². The third-order valence-corrected chi connectivity index (χ3v) is 30.4. The van der Waals surface area contributed by atoms with E-state index >= 15 is 0 Å². The number of aromatic nitrogens is 8. The van der Waals surface area contributed by atoms with Gasteiger partial charge in [-0.2, -0.15) is 0 Å². The zero-order chi connectivity index (χ0) is 94.3. The molecule has 8 aromatic carbocycles. The topological polar surface area (TPSA) is 120 Å². The molecule has 12 nitrogen and oxygen atoms in total. The Hall–Kier alpha value is -13.8. The normalized spacial score (nSPS) is 14.8. The fraction of sp³-hybridized carbons (Fsp3) is 0.290. The van der Waals surface area contributed by atoms with Crippen LogP contribution in [0.25, 0.3) is 178 Å². The minimum atomic E-state index is -0.166. The number of furan rings is 4. The minimum Gasteiger partial charge on any atom is -0.437 e. The van der Waals surface area contributed by atoms with Gasteiger partial charge in [0.1, 0.15) is 28.2 Å². The lowest BCUT2D eigenvalue weighted by Crippen LogP contribution is -2.35. The summed E-state index contributed by atoms with van der Waals surface area (Å²) in [6.07, 6.45) is 19.4. The standard InChI is InChI=1S/C35H39N2O.C33H35N2O.C29H25N2O.C27H23N2O/c1-22-16-17-24-26-19-25-23-13-9-10-14-27(23)35(20-33(2,3)4,21-34(5,6)7)31(25)36-32(26)38-30(24)29(22)28-15-11-12-18-37(28)8;1-20(2)18-33(19-21(3)4)27-12-8-7-11-23(27)25-17-26-24-15-14-22(5)29(28-13-9-10-16-35(28)6)30(24)36-32(26)34-31(25)33;1-18-12-13-20-22-17-21-19-9-3-4-10-23(19)29(14-6-7-15-29)27(21)30-28(22)32-26(20)25(18)24-11-5-8-16-31(24)2;1-16-12-13-18-23-24-19(17-9-5-6-10-20(17)27(24,2)3)15-28-26(23)30-25(18)22(16)21-11-7-8-14-29(21)4/h9-19H,20-21H2,1-8H3;7-17,20-21H,18-19H2,1-6H3;3-5,8-13,16-17H,6-7,14-15H2,1-2H3;5-15H,1-4H3/q4*+1. The average Bonchev–Trinajstić information content (AvgIpc) is 1.55. The van der Waals surface area contributed by atoms with Gasteiger partial charge in [-0.15, -0.1) is 0 Å². The van der Waals surface area contributed by atoms with Crippen molar-refractivity contribution in [2.75, 3.05) is 0 Å². The summed E-state index contributed by atoms with van der Waals surface area (Å²) in [5.41, 5.74) is 41.5. The molecule has 136 heavy (non-hydrogen) atoms. The molecule has 12 aromatic heterocycles. The van der Waals surface area contributed by atoms with Crippen molar-refractivity contribution in [1.82, 2.24) is 19.9 Å². The number of benzene rings is 8. The van der Waals surface area contributed by atoms with Crippen molar-refractivity contribution in [3.63, 3.8) is 0 Å². The van der Waals surface area contributed by atoms with Crippen LogP contribution in [0.1, 0.15) is 202 Å². The Bertz CT molecular complexity index is 8280. The van der Waals surface area contributed by atoms with Gasteiger partial charge in [-0.25, -0.2) is 38.2 Å². The van der Waals surface area contributed by atoms with Gasteiger partial charge in [-0.3, -0.25) is 0 Å². The largest absolute Gasteiger partial charge is 0.437 e. The summed E-state index contributed by atoms with van der Waals surface area (Å²) in [4.78, 5) is 20.8. The van der Waals surface area contributed by atoms with Gasteiger partial charge in [0.05, 0.1) is 44.7 Å². The fourth-order valence-electron chi connectivity index (χ4n) is 25.3. The van der Waals surface area contributed by atoms with Crippen molar-refractivity contribution >= 4 is 88.3 Å². The molecule has 1 fully saturated rings. The van der Waals surface area contributed by atoms with Crippen LogP contribution in [-0.4, -0.2) is 19.9 Å². The molecule has 1 spiro atoms. The van der Waals surface area contributed by atoms with Gasteiger partial charge in [0.15, 0.2) is 47.1 Å². The molecule has 20 aromatic rings. The van der Waals surface area contributed by atoms with Crippen molar-refractivity contribution in [2.24, 2.45) is 50.9 Å². The molecule has 5 aliphatic carbocycles. The monoisotopic (exact) mass is 1790 g/mol. The zero-order valence-electron chi connectivity index (χ0n) is 82.4. The summed E-state index contributed by atoms with van der Waals surface area (Å²) < 4.78 is 35.1. The van der Waals surface area contributed by atoms with Gasteiger partial charge < -0.3 is 17.7 Å². The lowest BCUT2D eigenvalue weighted by Gasteiger charge is -2.41. The highest BCUT2D eigenvalue weighted by molar-refractivity contribution is 6.15. The number of hydrogen-bond acceptors (Lipinski definition) is 8. The van der Waals surface area contributed by atoms with E-state index in [4.69, 9.17) is 37.6 Å². The van der Waals surface area contributed by atoms with E-state index in [1.807, 2.05) is 12.3 Å². The molecule has 5 aliphatic rings. The molecular weight excluding hydrogens is 1670 g/mol. The second-order valence-corrected chi connectivity index (χ2v) is 43.6. The lowest BCUT2D eigenvalue weighted by atomic mass is 9.63. The first kappa shape index (κ1) is 87.5. The maximum absolute atomic E-state index is 6.73. The zero-order valence-corrected chi connectivity index (χ0v) is 82.4. The highest BCUT2D eigenvalue weighted by atomic mass is 16.4. The van der Waals surface area contributed by atoms with E-state index in [1.54, 1.807) is 0 Å². The van der Waals surface area contributed by atoms with Crippen molar-refractivity contribution < 1.29 is 35.9 Å². The van der Waals surface area contributed by atoms with Crippen LogP contribution in [0.3, 0.4) is 0 Å². The third-order valence-electron chi connectivity index (χ3n) is 30.4. The van der Waals surface area contributed by atoms with Gasteiger partial charge in [-0.1, -0.05) is 242 Å². The Kier molecular flexibility index (Phi) is 20.9. The molecular formula is C124H122N8O4+4. The molecule has 0 saturated heterocycles. The summed E-state index contributed by atoms with van der Waals surface area (Å²) in [6, 6.07) is 85.5. The Balaban J connectivity index is 0.000000105. The van der Waals surface area contributed by atoms with Gasteiger partial charge in [-0.05, 0) is 204 Å². The molecule has 12 heterocycles. The minimum absolute atomic E-state index is 0.0592. The highest BCUT2D eigenvalue weighted by Gasteiger charge is 2.52. The van der Waals surface area contributed by atoms with Crippen LogP contribution in [0.15, 0.2) is 285 Å². The number of pyridine rings is 8. The molecule has 0 atom stereocenters. The van der Waals surface area contributed by atoms with Crippen LogP contribution in [-0.2, 0) is 49.9 Å². The second-order valence-electron chi connectivity index (χ2n) is 43.6. The van der Waals surface area contributed by atoms with Gasteiger partial charge in [0.2, 0.25) is 45.6 Å². The van der Waals surface area contributed by atoms with Gasteiger partial charge in [0, 0.05) is 136 Å². The Morgan fingerprint density at radius 1 is 0.331 bits per heavy atom. The molecule has 678 valence electrons. The predicted molar refractivity (Wildman–Crippen MR) is 553 cm³/mol. The Morgan fingerprint density at radius 2 is 0.647 bits per heavy atom. The summed E-state index contributed by atoms with van der Waals surface area (Å²) in [5, 5.41) is 8.99. The van der Waals surface area contributed by atoms with Crippen LogP contribution >= 0.6 is 0 Å². The molecule has 12 heteroatoms. The van der Waals surface area contributed by atoms with E-state index in [0.29, 0.717) is 11.8 Å². The van der Waals surface area contributed by atoms with Crippen LogP contribution < -0.4 is 18.3 Å². The molecule has 25 rings (SSSR count).